The van der Waals surface area contributed by atoms with Crippen molar-refractivity contribution in [1.82, 2.24) is 19.1 Å². The van der Waals surface area contributed by atoms with Crippen LogP contribution in [-0.2, 0) is 11.8 Å². The molecule has 0 radical (unpaired) electrons. The van der Waals surface area contributed by atoms with Gasteiger partial charge >= 0.3 is 0 Å². The van der Waals surface area contributed by atoms with Crippen LogP contribution in [0, 0.1) is 17.8 Å². The molecule has 1 spiro atoms. The first-order chi connectivity index (χ1) is 30.2. The van der Waals surface area contributed by atoms with E-state index in [9.17, 15) is 0 Å². The normalized spacial score (nSPS) is 21.6. The average molecular weight is 785 g/mol. The molecule has 0 N–H and O–H groups in total. The molecular formula is C57H44N4. The van der Waals surface area contributed by atoms with Gasteiger partial charge in [-0.15, -0.1) is 0 Å². The topological polar surface area (TPSA) is 35.6 Å². The second-order valence-corrected chi connectivity index (χ2v) is 17.5. The van der Waals surface area contributed by atoms with E-state index in [2.05, 4.69) is 180 Å². The largest absolute Gasteiger partial charge is 0.310 e. The van der Waals surface area contributed by atoms with Crippen LogP contribution in [0.25, 0.3) is 73.3 Å². The number of fused-ring (bicyclic) bond motifs is 16. The summed E-state index contributed by atoms with van der Waals surface area (Å²) in [7, 11) is 0. The van der Waals surface area contributed by atoms with Crippen LogP contribution in [0.15, 0.2) is 164 Å². The molecule has 4 aromatic heterocycles. The number of hydrogen-bond acceptors (Lipinski definition) is 2. The average Bonchev–Trinajstić information content (AvgIpc) is 3.98. The fraction of sp³-hybridized carbons (Fsp3) is 0.158. The van der Waals surface area contributed by atoms with Gasteiger partial charge < -0.3 is 4.57 Å². The summed E-state index contributed by atoms with van der Waals surface area (Å²) in [6.07, 6.45) is 25.8. The first kappa shape index (κ1) is 34.8. The van der Waals surface area contributed by atoms with E-state index in [4.69, 9.17) is 4.98 Å². The van der Waals surface area contributed by atoms with E-state index in [1.807, 2.05) is 24.7 Å². The number of pyridine rings is 2. The van der Waals surface area contributed by atoms with Gasteiger partial charge in [0, 0.05) is 57.6 Å². The van der Waals surface area contributed by atoms with E-state index >= 15 is 0 Å². The minimum Gasteiger partial charge on any atom is -0.310 e. The Labute approximate surface area is 356 Å². The number of benzene rings is 4. The van der Waals surface area contributed by atoms with E-state index in [-0.39, 0.29) is 5.41 Å². The summed E-state index contributed by atoms with van der Waals surface area (Å²) in [6, 6.07) is 43.2. The fourth-order valence-electron chi connectivity index (χ4n) is 12.3. The van der Waals surface area contributed by atoms with Crippen LogP contribution < -0.4 is 0 Å². The molecule has 4 heterocycles. The lowest BCUT2D eigenvalue weighted by Gasteiger charge is -2.41. The minimum atomic E-state index is -0.296. The molecule has 4 atom stereocenters. The summed E-state index contributed by atoms with van der Waals surface area (Å²) in [5.41, 5.74) is 22.3. The maximum absolute atomic E-state index is 4.78. The first-order valence-corrected chi connectivity index (χ1v) is 22.0. The minimum absolute atomic E-state index is 0.296. The Bertz CT molecular complexity index is 3250. The number of aromatic nitrogens is 4. The highest BCUT2D eigenvalue weighted by molar-refractivity contribution is 6.11. The van der Waals surface area contributed by atoms with Crippen molar-refractivity contribution in [3.05, 3.63) is 209 Å². The van der Waals surface area contributed by atoms with Crippen molar-refractivity contribution in [2.24, 2.45) is 17.8 Å². The molecule has 0 fully saturated rings. The van der Waals surface area contributed by atoms with Gasteiger partial charge in [0.2, 0.25) is 0 Å². The van der Waals surface area contributed by atoms with Crippen molar-refractivity contribution in [2.75, 3.05) is 0 Å². The van der Waals surface area contributed by atoms with Crippen LogP contribution in [-0.4, -0.2) is 19.1 Å². The van der Waals surface area contributed by atoms with Gasteiger partial charge in [0.25, 0.3) is 0 Å². The lowest BCUT2D eigenvalue weighted by Crippen LogP contribution is -2.37. The summed E-state index contributed by atoms with van der Waals surface area (Å²) in [5, 5.41) is 2.29. The summed E-state index contributed by atoms with van der Waals surface area (Å²) in [6.45, 7) is 4.82. The van der Waals surface area contributed by atoms with Crippen LogP contribution in [0.5, 0.6) is 0 Å². The molecule has 0 amide bonds. The molecule has 0 bridgehead atoms. The van der Waals surface area contributed by atoms with Gasteiger partial charge in [-0.25, -0.2) is 4.98 Å². The highest BCUT2D eigenvalue weighted by atomic mass is 15.1. The molecule has 8 aromatic rings. The maximum Gasteiger partial charge on any atom is 0.145 e. The SMILES string of the molecule is CCC1C=Cc2c(c3c(n2-c2ccc(-c4ccc(-n5c6cnccc6c6cccnc65)cc4)cc2)C=CCC3)C2=C1c1ccccc1C21c2ccccc2C2=CC=CC(C)C21. The number of rotatable bonds is 4. The van der Waals surface area contributed by atoms with Gasteiger partial charge in [-0.05, 0) is 135 Å². The zero-order valence-corrected chi connectivity index (χ0v) is 34.4. The Morgan fingerprint density at radius 2 is 1.44 bits per heavy atom. The molecule has 0 saturated carbocycles. The van der Waals surface area contributed by atoms with Crippen LogP contribution in [0.2, 0.25) is 0 Å². The molecule has 4 aromatic carbocycles. The molecule has 4 heteroatoms. The third-order valence-electron chi connectivity index (χ3n) is 14.6. The van der Waals surface area contributed by atoms with Crippen molar-refractivity contribution in [1.29, 1.82) is 0 Å². The lowest BCUT2D eigenvalue weighted by molar-refractivity contribution is 0.424. The number of nitrogens with zero attached hydrogens (tertiary/aromatic N) is 4. The lowest BCUT2D eigenvalue weighted by atomic mass is 9.60. The van der Waals surface area contributed by atoms with Crippen LogP contribution in [0.1, 0.15) is 71.5 Å². The maximum atomic E-state index is 4.78. The molecule has 61 heavy (non-hydrogen) atoms. The van der Waals surface area contributed by atoms with Crippen LogP contribution in [0.3, 0.4) is 0 Å². The third kappa shape index (κ3) is 4.60. The number of allylic oxidation sites excluding steroid dienone is 8. The molecule has 0 saturated heterocycles. The van der Waals surface area contributed by atoms with E-state index < -0.39 is 0 Å². The van der Waals surface area contributed by atoms with E-state index in [1.165, 1.54) is 72.7 Å². The Morgan fingerprint density at radius 1 is 0.705 bits per heavy atom. The standard InChI is InChI=1S/C57H44N4/c1-3-36-25-30-50-53(55-52(36)45-14-5-8-19-48(45)57(55)47-18-7-4-13-41(47)43-16-10-12-35(2)54(43)57)46-15-6-9-20-49(46)60(50)39-26-21-37(22-27-39)38-23-28-40(29-24-38)61-51-34-58-33-31-42(51)44-17-11-32-59-56(44)61/h4-5,7-14,16-36,54H,3,6,15H2,1-2H3. The fourth-order valence-corrected chi connectivity index (χ4v) is 12.3. The van der Waals surface area contributed by atoms with Crippen molar-refractivity contribution in [3.63, 3.8) is 0 Å². The molecule has 292 valence electrons. The zero-order chi connectivity index (χ0) is 40.4. The van der Waals surface area contributed by atoms with Crippen LogP contribution >= 0.6 is 0 Å². The predicted molar refractivity (Wildman–Crippen MR) is 252 cm³/mol. The van der Waals surface area contributed by atoms with E-state index in [1.54, 1.807) is 5.57 Å². The second kappa shape index (κ2) is 13.0. The van der Waals surface area contributed by atoms with Gasteiger partial charge in [-0.1, -0.05) is 117 Å². The smallest absolute Gasteiger partial charge is 0.145 e. The summed E-state index contributed by atoms with van der Waals surface area (Å²) < 4.78 is 4.80. The first-order valence-electron chi connectivity index (χ1n) is 22.0. The molecule has 5 aliphatic rings. The Balaban J connectivity index is 0.976. The zero-order valence-electron chi connectivity index (χ0n) is 34.4. The summed E-state index contributed by atoms with van der Waals surface area (Å²) >= 11 is 0. The molecule has 13 rings (SSSR count). The highest BCUT2D eigenvalue weighted by Gasteiger charge is 2.60. The highest BCUT2D eigenvalue weighted by Crippen LogP contribution is 2.70. The van der Waals surface area contributed by atoms with Gasteiger partial charge in [-0.3, -0.25) is 9.55 Å². The molecular weight excluding hydrogens is 741 g/mol. The molecule has 5 aliphatic carbocycles. The Kier molecular flexibility index (Phi) is 7.40. The summed E-state index contributed by atoms with van der Waals surface area (Å²) in [5.74, 6) is 0.988. The molecule has 0 aliphatic heterocycles. The van der Waals surface area contributed by atoms with E-state index in [0.29, 0.717) is 17.8 Å². The molecule has 4 nitrogen and oxygen atoms in total. The van der Waals surface area contributed by atoms with Gasteiger partial charge in [0.15, 0.2) is 0 Å². The monoisotopic (exact) mass is 784 g/mol. The quantitative estimate of drug-likeness (QED) is 0.178. The van der Waals surface area contributed by atoms with Crippen LogP contribution in [0.4, 0.5) is 0 Å². The Hall–Kier alpha value is -7.04. The van der Waals surface area contributed by atoms with Gasteiger partial charge in [0.1, 0.15) is 5.65 Å². The third-order valence-corrected chi connectivity index (χ3v) is 14.6. The van der Waals surface area contributed by atoms with E-state index in [0.717, 1.165) is 46.9 Å². The summed E-state index contributed by atoms with van der Waals surface area (Å²) in [4.78, 5) is 9.24. The van der Waals surface area contributed by atoms with Crippen molar-refractivity contribution in [3.8, 4) is 22.5 Å². The molecule has 4 unspecified atom stereocenters. The van der Waals surface area contributed by atoms with Gasteiger partial charge in [0.05, 0.1) is 22.8 Å². The van der Waals surface area contributed by atoms with Crippen molar-refractivity contribution >= 4 is 50.8 Å². The number of hydrogen-bond donors (Lipinski definition) is 0. The van der Waals surface area contributed by atoms with Crippen molar-refractivity contribution in [2.45, 2.75) is 38.5 Å². The predicted octanol–water partition coefficient (Wildman–Crippen LogP) is 13.5. The van der Waals surface area contributed by atoms with Gasteiger partial charge in [-0.2, -0.15) is 0 Å². The van der Waals surface area contributed by atoms with Crippen molar-refractivity contribution < 1.29 is 0 Å². The second-order valence-electron chi connectivity index (χ2n) is 17.5. The Morgan fingerprint density at radius 3 is 2.23 bits per heavy atom.